The fourth-order valence-electron chi connectivity index (χ4n) is 2.65. The quantitative estimate of drug-likeness (QED) is 0.538. The zero-order valence-electron chi connectivity index (χ0n) is 14.8. The van der Waals surface area contributed by atoms with Gasteiger partial charge in [0.1, 0.15) is 6.33 Å². The monoisotopic (exact) mass is 410 g/mol. The molecule has 0 unspecified atom stereocenters. The average molecular weight is 411 g/mol. The number of amides is 1. The SMILES string of the molecule is Cc1nc(NC(=O)c2ccc(-n3cnnn3)cc2)sc1Cc1ccc(Cl)cc1. The second-order valence-electron chi connectivity index (χ2n) is 6.09. The van der Waals surface area contributed by atoms with E-state index in [4.69, 9.17) is 11.6 Å². The number of aryl methyl sites for hydroxylation is 1. The largest absolute Gasteiger partial charge is 0.298 e. The van der Waals surface area contributed by atoms with Gasteiger partial charge in [0.25, 0.3) is 5.91 Å². The molecule has 28 heavy (non-hydrogen) atoms. The van der Waals surface area contributed by atoms with Crippen LogP contribution in [0.5, 0.6) is 0 Å². The van der Waals surface area contributed by atoms with E-state index in [1.165, 1.54) is 22.3 Å². The molecule has 0 aliphatic heterocycles. The number of benzene rings is 2. The maximum atomic E-state index is 12.5. The highest BCUT2D eigenvalue weighted by atomic mass is 35.5. The Hall–Kier alpha value is -3.10. The highest BCUT2D eigenvalue weighted by Gasteiger charge is 2.13. The smallest absolute Gasteiger partial charge is 0.257 e. The van der Waals surface area contributed by atoms with E-state index < -0.39 is 0 Å². The molecule has 4 rings (SSSR count). The lowest BCUT2D eigenvalue weighted by atomic mass is 10.1. The lowest BCUT2D eigenvalue weighted by Gasteiger charge is -2.03. The van der Waals surface area contributed by atoms with Gasteiger partial charge in [0.2, 0.25) is 0 Å². The molecule has 1 amide bonds. The van der Waals surface area contributed by atoms with Crippen molar-refractivity contribution in [1.82, 2.24) is 25.2 Å². The summed E-state index contributed by atoms with van der Waals surface area (Å²) in [5, 5.41) is 15.2. The molecular weight excluding hydrogens is 396 g/mol. The van der Waals surface area contributed by atoms with Crippen molar-refractivity contribution in [2.45, 2.75) is 13.3 Å². The van der Waals surface area contributed by atoms with Crippen LogP contribution < -0.4 is 5.32 Å². The van der Waals surface area contributed by atoms with Crippen molar-refractivity contribution in [2.75, 3.05) is 5.32 Å². The summed E-state index contributed by atoms with van der Waals surface area (Å²) in [5.41, 5.74) is 3.36. The van der Waals surface area contributed by atoms with Gasteiger partial charge in [0, 0.05) is 21.9 Å². The molecule has 0 bridgehead atoms. The van der Waals surface area contributed by atoms with Gasteiger partial charge in [-0.3, -0.25) is 10.1 Å². The first-order chi connectivity index (χ1) is 13.6. The summed E-state index contributed by atoms with van der Waals surface area (Å²) >= 11 is 7.41. The molecule has 0 radical (unpaired) electrons. The van der Waals surface area contributed by atoms with Crippen molar-refractivity contribution in [3.63, 3.8) is 0 Å². The number of nitrogens with zero attached hydrogens (tertiary/aromatic N) is 5. The number of anilines is 1. The van der Waals surface area contributed by atoms with Gasteiger partial charge in [-0.25, -0.2) is 9.67 Å². The van der Waals surface area contributed by atoms with Crippen LogP contribution in [0.25, 0.3) is 5.69 Å². The summed E-state index contributed by atoms with van der Waals surface area (Å²) in [6, 6.07) is 14.7. The van der Waals surface area contributed by atoms with Crippen molar-refractivity contribution in [2.24, 2.45) is 0 Å². The van der Waals surface area contributed by atoms with Crippen molar-refractivity contribution in [1.29, 1.82) is 0 Å². The van der Waals surface area contributed by atoms with E-state index in [9.17, 15) is 4.79 Å². The minimum absolute atomic E-state index is 0.213. The molecule has 9 heteroatoms. The number of thiazole rings is 1. The molecule has 0 aliphatic rings. The molecule has 0 spiro atoms. The van der Waals surface area contributed by atoms with E-state index >= 15 is 0 Å². The topological polar surface area (TPSA) is 85.6 Å². The number of hydrogen-bond donors (Lipinski definition) is 1. The number of carbonyl (C=O) groups is 1. The van der Waals surface area contributed by atoms with E-state index in [2.05, 4.69) is 25.8 Å². The first-order valence-electron chi connectivity index (χ1n) is 8.44. The molecule has 0 aliphatic carbocycles. The number of rotatable bonds is 5. The molecule has 1 N–H and O–H groups in total. The normalized spacial score (nSPS) is 10.8. The van der Waals surface area contributed by atoms with Gasteiger partial charge in [-0.2, -0.15) is 0 Å². The first-order valence-corrected chi connectivity index (χ1v) is 9.63. The third kappa shape index (κ3) is 4.08. The zero-order valence-corrected chi connectivity index (χ0v) is 16.4. The molecule has 2 aromatic carbocycles. The van der Waals surface area contributed by atoms with Crippen molar-refractivity contribution in [3.05, 3.63) is 81.6 Å². The maximum Gasteiger partial charge on any atom is 0.257 e. The number of halogens is 1. The molecule has 7 nitrogen and oxygen atoms in total. The molecule has 0 saturated heterocycles. The van der Waals surface area contributed by atoms with Crippen LogP contribution in [0.15, 0.2) is 54.9 Å². The summed E-state index contributed by atoms with van der Waals surface area (Å²) in [7, 11) is 0. The van der Waals surface area contributed by atoms with Crippen LogP contribution in [0.1, 0.15) is 26.5 Å². The molecule has 0 atom stereocenters. The molecule has 2 aromatic heterocycles. The molecule has 140 valence electrons. The van der Waals surface area contributed by atoms with Gasteiger partial charge < -0.3 is 0 Å². The summed E-state index contributed by atoms with van der Waals surface area (Å²) < 4.78 is 1.52. The van der Waals surface area contributed by atoms with Crippen LogP contribution >= 0.6 is 22.9 Å². The minimum Gasteiger partial charge on any atom is -0.298 e. The van der Waals surface area contributed by atoms with Crippen LogP contribution in [-0.2, 0) is 6.42 Å². The number of nitrogens with one attached hydrogen (secondary N) is 1. The zero-order chi connectivity index (χ0) is 19.5. The molecule has 4 aromatic rings. The second-order valence-corrected chi connectivity index (χ2v) is 7.61. The Balaban J connectivity index is 1.45. The number of aromatic nitrogens is 5. The van der Waals surface area contributed by atoms with Gasteiger partial charge in [-0.1, -0.05) is 23.7 Å². The lowest BCUT2D eigenvalue weighted by molar-refractivity contribution is 0.102. The van der Waals surface area contributed by atoms with Crippen LogP contribution in [0, 0.1) is 6.92 Å². The third-order valence-electron chi connectivity index (χ3n) is 4.13. The Morgan fingerprint density at radius 1 is 1.14 bits per heavy atom. The Morgan fingerprint density at radius 3 is 2.57 bits per heavy atom. The van der Waals surface area contributed by atoms with E-state index in [0.29, 0.717) is 15.7 Å². The summed E-state index contributed by atoms with van der Waals surface area (Å²) in [4.78, 5) is 18.1. The van der Waals surface area contributed by atoms with E-state index in [1.54, 1.807) is 24.3 Å². The lowest BCUT2D eigenvalue weighted by Crippen LogP contribution is -2.11. The minimum atomic E-state index is -0.213. The summed E-state index contributed by atoms with van der Waals surface area (Å²) in [6.07, 6.45) is 2.24. The predicted molar refractivity (Wildman–Crippen MR) is 108 cm³/mol. The third-order valence-corrected chi connectivity index (χ3v) is 5.46. The predicted octanol–water partition coefficient (Wildman–Crippen LogP) is 3.92. The average Bonchev–Trinajstić information content (AvgIpc) is 3.34. The number of tetrazole rings is 1. The fourth-order valence-corrected chi connectivity index (χ4v) is 3.77. The van der Waals surface area contributed by atoms with Gasteiger partial charge in [-0.05, 0) is 59.3 Å². The summed E-state index contributed by atoms with van der Waals surface area (Å²) in [5.74, 6) is -0.213. The number of hydrogen-bond acceptors (Lipinski definition) is 6. The molecule has 0 saturated carbocycles. The number of carbonyl (C=O) groups excluding carboxylic acids is 1. The van der Waals surface area contributed by atoms with Gasteiger partial charge in [0.05, 0.1) is 11.4 Å². The highest BCUT2D eigenvalue weighted by molar-refractivity contribution is 7.15. The molecular formula is C19H15ClN6OS. The van der Waals surface area contributed by atoms with Crippen molar-refractivity contribution < 1.29 is 4.79 Å². The fraction of sp³-hybridized carbons (Fsp3) is 0.105. The standard InChI is InChI=1S/C19H15ClN6OS/c1-12-17(10-13-2-6-15(20)7-3-13)28-19(22-12)23-18(27)14-4-8-16(9-5-14)26-11-21-24-25-26/h2-9,11H,10H2,1H3,(H,22,23,27). The first kappa shape index (κ1) is 18.3. The van der Waals surface area contributed by atoms with Crippen molar-refractivity contribution >= 4 is 34.0 Å². The maximum absolute atomic E-state index is 12.5. The van der Waals surface area contributed by atoms with Crippen LogP contribution in [0.3, 0.4) is 0 Å². The Bertz CT molecular complexity index is 1090. The Labute approximate surface area is 170 Å². The van der Waals surface area contributed by atoms with E-state index in [0.717, 1.165) is 28.2 Å². The van der Waals surface area contributed by atoms with Gasteiger partial charge in [-0.15, -0.1) is 16.4 Å². The Morgan fingerprint density at radius 2 is 1.89 bits per heavy atom. The summed E-state index contributed by atoms with van der Waals surface area (Å²) in [6.45, 7) is 1.94. The second kappa shape index (κ2) is 7.87. The molecule has 2 heterocycles. The van der Waals surface area contributed by atoms with E-state index in [1.807, 2.05) is 31.2 Å². The van der Waals surface area contributed by atoms with Crippen LogP contribution in [-0.4, -0.2) is 31.1 Å². The van der Waals surface area contributed by atoms with Crippen molar-refractivity contribution in [3.8, 4) is 5.69 Å². The Kier molecular flexibility index (Phi) is 5.14. The van der Waals surface area contributed by atoms with Crippen LogP contribution in [0.2, 0.25) is 5.02 Å². The van der Waals surface area contributed by atoms with E-state index in [-0.39, 0.29) is 5.91 Å². The van der Waals surface area contributed by atoms with Crippen LogP contribution in [0.4, 0.5) is 5.13 Å². The van der Waals surface area contributed by atoms with Gasteiger partial charge in [0.15, 0.2) is 5.13 Å². The highest BCUT2D eigenvalue weighted by Crippen LogP contribution is 2.26. The molecule has 0 fully saturated rings. The van der Waals surface area contributed by atoms with Gasteiger partial charge >= 0.3 is 0 Å².